The highest BCUT2D eigenvalue weighted by Gasteiger charge is 2.18. The summed E-state index contributed by atoms with van der Waals surface area (Å²) in [7, 11) is 3.11. The summed E-state index contributed by atoms with van der Waals surface area (Å²) in [6.07, 6.45) is 1.57. The molecule has 0 saturated heterocycles. The van der Waals surface area contributed by atoms with Crippen LogP contribution in [0.3, 0.4) is 0 Å². The molecule has 0 amide bonds. The summed E-state index contributed by atoms with van der Waals surface area (Å²) in [6, 6.07) is 4.35. The average Bonchev–Trinajstić information content (AvgIpc) is 2.49. The van der Waals surface area contributed by atoms with Gasteiger partial charge in [0.05, 0.1) is 18.1 Å². The van der Waals surface area contributed by atoms with Crippen molar-refractivity contribution in [2.45, 2.75) is 6.92 Å². The molecular formula is C13H14N4O4. The second-order valence-corrected chi connectivity index (χ2v) is 4.12. The van der Waals surface area contributed by atoms with Crippen LogP contribution in [-0.4, -0.2) is 29.0 Å². The van der Waals surface area contributed by atoms with Gasteiger partial charge in [-0.3, -0.25) is 10.1 Å². The summed E-state index contributed by atoms with van der Waals surface area (Å²) in [5.74, 6) is 1.09. The van der Waals surface area contributed by atoms with Crippen molar-refractivity contribution in [3.05, 3.63) is 40.1 Å². The molecule has 110 valence electrons. The van der Waals surface area contributed by atoms with Crippen molar-refractivity contribution in [3.63, 3.8) is 0 Å². The summed E-state index contributed by atoms with van der Waals surface area (Å²) >= 11 is 0. The van der Waals surface area contributed by atoms with Gasteiger partial charge in [-0.25, -0.2) is 4.98 Å². The van der Waals surface area contributed by atoms with Gasteiger partial charge in [-0.2, -0.15) is 4.98 Å². The molecule has 0 radical (unpaired) electrons. The number of ether oxygens (including phenoxy) is 2. The summed E-state index contributed by atoms with van der Waals surface area (Å²) in [4.78, 5) is 18.7. The van der Waals surface area contributed by atoms with Gasteiger partial charge in [0.15, 0.2) is 0 Å². The van der Waals surface area contributed by atoms with Gasteiger partial charge in [0.2, 0.25) is 17.6 Å². The van der Waals surface area contributed by atoms with Gasteiger partial charge in [0, 0.05) is 18.8 Å². The van der Waals surface area contributed by atoms with E-state index < -0.39 is 4.92 Å². The number of aromatic nitrogens is 2. The minimum atomic E-state index is -0.534. The van der Waals surface area contributed by atoms with Crippen molar-refractivity contribution < 1.29 is 14.4 Å². The Balaban J connectivity index is 2.41. The molecule has 0 fully saturated rings. The maximum atomic E-state index is 11.1. The van der Waals surface area contributed by atoms with Crippen molar-refractivity contribution in [1.29, 1.82) is 0 Å². The quantitative estimate of drug-likeness (QED) is 0.667. The molecule has 0 spiro atoms. The highest BCUT2D eigenvalue weighted by molar-refractivity contribution is 5.52. The van der Waals surface area contributed by atoms with Crippen LogP contribution in [0.15, 0.2) is 24.4 Å². The molecule has 0 aliphatic carbocycles. The molecule has 8 nitrogen and oxygen atoms in total. The van der Waals surface area contributed by atoms with E-state index >= 15 is 0 Å². The highest BCUT2D eigenvalue weighted by atomic mass is 16.6. The van der Waals surface area contributed by atoms with Crippen LogP contribution >= 0.6 is 0 Å². The molecule has 1 N–H and O–H groups in total. The molecular weight excluding hydrogens is 276 g/mol. The first-order valence-corrected chi connectivity index (χ1v) is 6.07. The monoisotopic (exact) mass is 290 g/mol. The van der Waals surface area contributed by atoms with Crippen molar-refractivity contribution in [2.75, 3.05) is 19.5 Å². The van der Waals surface area contributed by atoms with Crippen LogP contribution in [0, 0.1) is 17.0 Å². The number of nitrogens with one attached hydrogen (secondary N) is 1. The molecule has 0 atom stereocenters. The van der Waals surface area contributed by atoms with E-state index in [4.69, 9.17) is 9.47 Å². The Labute approximate surface area is 120 Å². The zero-order valence-corrected chi connectivity index (χ0v) is 11.8. The number of benzene rings is 1. The number of hydrogen-bond donors (Lipinski definition) is 1. The summed E-state index contributed by atoms with van der Waals surface area (Å²) < 4.78 is 10.5. The van der Waals surface area contributed by atoms with Gasteiger partial charge in [0.1, 0.15) is 5.75 Å². The third kappa shape index (κ3) is 3.16. The van der Waals surface area contributed by atoms with E-state index in [1.165, 1.54) is 19.2 Å². The molecule has 21 heavy (non-hydrogen) atoms. The lowest BCUT2D eigenvalue weighted by molar-refractivity contribution is -0.385. The van der Waals surface area contributed by atoms with E-state index in [0.29, 0.717) is 17.3 Å². The number of hydrogen-bond acceptors (Lipinski definition) is 7. The fourth-order valence-corrected chi connectivity index (χ4v) is 1.61. The van der Waals surface area contributed by atoms with Crippen LogP contribution in [0.5, 0.6) is 17.4 Å². The van der Waals surface area contributed by atoms with Gasteiger partial charge in [-0.15, -0.1) is 0 Å². The molecule has 0 aliphatic heterocycles. The lowest BCUT2D eigenvalue weighted by atomic mass is 10.2. The van der Waals surface area contributed by atoms with Gasteiger partial charge < -0.3 is 14.8 Å². The van der Waals surface area contributed by atoms with Gasteiger partial charge in [0.25, 0.3) is 0 Å². The fraction of sp³-hybridized carbons (Fsp3) is 0.231. The maximum Gasteiger partial charge on any atom is 0.315 e. The molecule has 0 saturated carbocycles. The van der Waals surface area contributed by atoms with Gasteiger partial charge in [-0.05, 0) is 19.1 Å². The predicted molar refractivity (Wildman–Crippen MR) is 76.0 cm³/mol. The fourth-order valence-electron chi connectivity index (χ4n) is 1.61. The molecule has 0 bridgehead atoms. The van der Waals surface area contributed by atoms with Crippen LogP contribution in [0.4, 0.5) is 11.6 Å². The molecule has 2 rings (SSSR count). The maximum absolute atomic E-state index is 11.1. The molecule has 0 aliphatic rings. The van der Waals surface area contributed by atoms with Gasteiger partial charge >= 0.3 is 5.69 Å². The summed E-state index contributed by atoms with van der Waals surface area (Å²) in [6.45, 7) is 1.75. The molecule has 1 heterocycles. The van der Waals surface area contributed by atoms with E-state index in [2.05, 4.69) is 15.3 Å². The second kappa shape index (κ2) is 6.04. The topological polar surface area (TPSA) is 99.4 Å². The third-order valence-corrected chi connectivity index (χ3v) is 2.72. The molecule has 8 heteroatoms. The van der Waals surface area contributed by atoms with Crippen LogP contribution in [0.25, 0.3) is 0 Å². The van der Waals surface area contributed by atoms with Crippen molar-refractivity contribution in [1.82, 2.24) is 9.97 Å². The van der Waals surface area contributed by atoms with E-state index in [-0.39, 0.29) is 17.3 Å². The SMILES string of the molecule is CNc1ncc(C)c(Oc2ccc(OC)cc2[N+](=O)[O-])n1. The minimum absolute atomic E-state index is 0.0876. The lowest BCUT2D eigenvalue weighted by Crippen LogP contribution is -2.01. The van der Waals surface area contributed by atoms with Gasteiger partial charge in [-0.1, -0.05) is 0 Å². The largest absolute Gasteiger partial charge is 0.496 e. The van der Waals surface area contributed by atoms with Crippen molar-refractivity contribution >= 4 is 11.6 Å². The van der Waals surface area contributed by atoms with Crippen molar-refractivity contribution in [2.24, 2.45) is 0 Å². The molecule has 1 aromatic carbocycles. The number of rotatable bonds is 5. The van der Waals surface area contributed by atoms with Crippen LogP contribution in [0.2, 0.25) is 0 Å². The first-order valence-electron chi connectivity index (χ1n) is 6.07. The number of nitrogens with zero attached hydrogens (tertiary/aromatic N) is 3. The number of methoxy groups -OCH3 is 1. The van der Waals surface area contributed by atoms with E-state index in [9.17, 15) is 10.1 Å². The summed E-state index contributed by atoms with van der Waals surface area (Å²) in [5.41, 5.74) is 0.470. The standard InChI is InChI=1S/C13H14N4O4/c1-8-7-15-13(14-2)16-12(8)21-11-5-4-9(20-3)6-10(11)17(18)19/h4-7H,1-3H3,(H,14,15,16). The first kappa shape index (κ1) is 14.5. The number of nitro groups is 1. The smallest absolute Gasteiger partial charge is 0.315 e. The Morgan fingerprint density at radius 2 is 2.14 bits per heavy atom. The Morgan fingerprint density at radius 1 is 1.38 bits per heavy atom. The number of anilines is 1. The average molecular weight is 290 g/mol. The summed E-state index contributed by atoms with van der Waals surface area (Å²) in [5, 5.41) is 13.9. The van der Waals surface area contributed by atoms with Crippen molar-refractivity contribution in [3.8, 4) is 17.4 Å². The second-order valence-electron chi connectivity index (χ2n) is 4.12. The Bertz CT molecular complexity index is 675. The minimum Gasteiger partial charge on any atom is -0.496 e. The van der Waals surface area contributed by atoms with Crippen LogP contribution < -0.4 is 14.8 Å². The highest BCUT2D eigenvalue weighted by Crippen LogP contribution is 2.34. The normalized spacial score (nSPS) is 10.0. The van der Waals surface area contributed by atoms with E-state index in [1.807, 2.05) is 0 Å². The lowest BCUT2D eigenvalue weighted by Gasteiger charge is -2.09. The molecule has 0 unspecified atom stereocenters. The number of nitro benzene ring substituents is 1. The molecule has 2 aromatic rings. The van der Waals surface area contributed by atoms with Crippen LogP contribution in [-0.2, 0) is 0 Å². The van der Waals surface area contributed by atoms with E-state index in [0.717, 1.165) is 0 Å². The number of aryl methyl sites for hydroxylation is 1. The zero-order valence-electron chi connectivity index (χ0n) is 11.8. The van der Waals surface area contributed by atoms with Crippen LogP contribution in [0.1, 0.15) is 5.56 Å². The first-order chi connectivity index (χ1) is 10.0. The zero-order chi connectivity index (χ0) is 15.4. The Hall–Kier alpha value is -2.90. The Morgan fingerprint density at radius 3 is 2.76 bits per heavy atom. The Kier molecular flexibility index (Phi) is 4.17. The third-order valence-electron chi connectivity index (χ3n) is 2.72. The molecule has 1 aromatic heterocycles. The van der Waals surface area contributed by atoms with E-state index in [1.54, 1.807) is 26.2 Å². The predicted octanol–water partition coefficient (Wildman–Crippen LogP) is 2.54.